The first-order valence-electron chi connectivity index (χ1n) is 7.49. The number of aliphatic hydroxyl groups excluding tert-OH is 1. The summed E-state index contributed by atoms with van der Waals surface area (Å²) >= 11 is 0. The number of aliphatic hydroxyl groups is 1. The van der Waals surface area contributed by atoms with E-state index >= 15 is 0 Å². The van der Waals surface area contributed by atoms with Crippen molar-refractivity contribution in [2.75, 3.05) is 13.2 Å². The van der Waals surface area contributed by atoms with Crippen molar-refractivity contribution in [3.63, 3.8) is 0 Å². The van der Waals surface area contributed by atoms with Crippen molar-refractivity contribution in [1.29, 1.82) is 0 Å². The van der Waals surface area contributed by atoms with Gasteiger partial charge >= 0.3 is 0 Å². The van der Waals surface area contributed by atoms with Gasteiger partial charge in [0.15, 0.2) is 0 Å². The highest BCUT2D eigenvalue weighted by molar-refractivity contribution is 4.87. The summed E-state index contributed by atoms with van der Waals surface area (Å²) < 4.78 is 5.76. The Morgan fingerprint density at radius 2 is 1.89 bits per heavy atom. The van der Waals surface area contributed by atoms with Crippen LogP contribution >= 0.6 is 0 Å². The Balaban J connectivity index is 3.97. The van der Waals surface area contributed by atoms with Crippen LogP contribution in [0.25, 0.3) is 0 Å². The Kier molecular flexibility index (Phi) is 9.70. The predicted octanol–water partition coefficient (Wildman–Crippen LogP) is 3.11. The van der Waals surface area contributed by atoms with Crippen LogP contribution in [-0.2, 0) is 4.74 Å². The Morgan fingerprint density at radius 1 is 1.22 bits per heavy atom. The molecule has 0 aliphatic heterocycles. The summed E-state index contributed by atoms with van der Waals surface area (Å²) in [5, 5.41) is 13.1. The fourth-order valence-corrected chi connectivity index (χ4v) is 2.38. The van der Waals surface area contributed by atoms with E-state index in [1.54, 1.807) is 0 Å². The molecule has 0 saturated heterocycles. The largest absolute Gasteiger partial charge is 0.394 e. The maximum absolute atomic E-state index is 9.61. The lowest BCUT2D eigenvalue weighted by molar-refractivity contribution is 0.0475. The molecule has 0 radical (unpaired) electrons. The topological polar surface area (TPSA) is 41.5 Å². The monoisotopic (exact) mass is 259 g/mol. The first-order chi connectivity index (χ1) is 8.49. The Labute approximate surface area is 113 Å². The molecule has 2 N–H and O–H groups in total. The van der Waals surface area contributed by atoms with Crippen molar-refractivity contribution in [3.05, 3.63) is 0 Å². The fourth-order valence-electron chi connectivity index (χ4n) is 2.38. The molecular weight excluding hydrogens is 226 g/mol. The summed E-state index contributed by atoms with van der Waals surface area (Å²) in [4.78, 5) is 0. The molecule has 0 amide bonds. The molecule has 110 valence electrons. The quantitative estimate of drug-likeness (QED) is 0.560. The van der Waals surface area contributed by atoms with E-state index in [-0.39, 0.29) is 12.1 Å². The van der Waals surface area contributed by atoms with E-state index in [9.17, 15) is 5.11 Å². The number of hydrogen-bond acceptors (Lipinski definition) is 3. The number of nitrogens with one attached hydrogen (secondary N) is 1. The molecule has 0 saturated carbocycles. The van der Waals surface area contributed by atoms with E-state index in [2.05, 4.69) is 39.9 Å². The maximum atomic E-state index is 9.61. The van der Waals surface area contributed by atoms with Gasteiger partial charge in [-0.05, 0) is 32.6 Å². The second-order valence-corrected chi connectivity index (χ2v) is 5.66. The molecular formula is C15H33NO2. The van der Waals surface area contributed by atoms with Crippen molar-refractivity contribution < 1.29 is 9.84 Å². The molecule has 0 aromatic carbocycles. The third-order valence-electron chi connectivity index (χ3n) is 3.47. The molecule has 0 spiro atoms. The van der Waals surface area contributed by atoms with Crippen LogP contribution in [-0.4, -0.2) is 36.0 Å². The minimum atomic E-state index is -0.133. The predicted molar refractivity (Wildman–Crippen MR) is 77.9 cm³/mol. The average Bonchev–Trinajstić information content (AvgIpc) is 2.33. The molecule has 0 heterocycles. The van der Waals surface area contributed by atoms with E-state index in [4.69, 9.17) is 4.74 Å². The van der Waals surface area contributed by atoms with Crippen LogP contribution in [0.3, 0.4) is 0 Å². The Morgan fingerprint density at radius 3 is 2.33 bits per heavy atom. The molecule has 2 unspecified atom stereocenters. The van der Waals surface area contributed by atoms with Gasteiger partial charge in [0, 0.05) is 18.2 Å². The summed E-state index contributed by atoms with van der Waals surface area (Å²) in [5.74, 6) is 0. The van der Waals surface area contributed by atoms with Crippen LogP contribution in [0.4, 0.5) is 0 Å². The van der Waals surface area contributed by atoms with E-state index in [0.717, 1.165) is 32.3 Å². The zero-order chi connectivity index (χ0) is 14.0. The molecule has 0 aliphatic carbocycles. The Hall–Kier alpha value is -0.120. The van der Waals surface area contributed by atoms with Gasteiger partial charge in [0.1, 0.15) is 0 Å². The van der Waals surface area contributed by atoms with E-state index in [1.807, 2.05) is 0 Å². The minimum Gasteiger partial charge on any atom is -0.394 e. The third-order valence-corrected chi connectivity index (χ3v) is 3.47. The van der Waals surface area contributed by atoms with Crippen LogP contribution in [0.2, 0.25) is 0 Å². The van der Waals surface area contributed by atoms with Crippen LogP contribution in [0, 0.1) is 0 Å². The van der Waals surface area contributed by atoms with Gasteiger partial charge in [-0.15, -0.1) is 0 Å². The van der Waals surface area contributed by atoms with Gasteiger partial charge in [0.2, 0.25) is 0 Å². The average molecular weight is 259 g/mol. The van der Waals surface area contributed by atoms with Gasteiger partial charge < -0.3 is 15.2 Å². The van der Waals surface area contributed by atoms with E-state index < -0.39 is 0 Å². The zero-order valence-corrected chi connectivity index (χ0v) is 13.0. The fraction of sp³-hybridized carbons (Fsp3) is 1.00. The standard InChI is InChI=1S/C15H33NO2/c1-6-9-14(5)18-11-8-10-15(7-2,12-17)16-13(3)4/h13-14,16-17H,6-12H2,1-5H3. The molecule has 0 fully saturated rings. The maximum Gasteiger partial charge on any atom is 0.0613 e. The molecule has 0 aromatic rings. The molecule has 0 rings (SSSR count). The van der Waals surface area contributed by atoms with Crippen LogP contribution in [0.15, 0.2) is 0 Å². The lowest BCUT2D eigenvalue weighted by atomic mass is 9.90. The van der Waals surface area contributed by atoms with Crippen molar-refractivity contribution in [2.24, 2.45) is 0 Å². The van der Waals surface area contributed by atoms with Crippen molar-refractivity contribution in [1.82, 2.24) is 5.32 Å². The first kappa shape index (κ1) is 17.9. The van der Waals surface area contributed by atoms with Crippen molar-refractivity contribution in [2.45, 2.75) is 84.4 Å². The molecule has 0 aliphatic rings. The lowest BCUT2D eigenvalue weighted by Gasteiger charge is -2.34. The molecule has 0 aromatic heterocycles. The van der Waals surface area contributed by atoms with E-state index in [0.29, 0.717) is 12.1 Å². The summed E-state index contributed by atoms with van der Waals surface area (Å²) in [6.07, 6.45) is 5.58. The van der Waals surface area contributed by atoms with Crippen LogP contribution in [0.1, 0.15) is 66.7 Å². The van der Waals surface area contributed by atoms with Crippen LogP contribution < -0.4 is 5.32 Å². The molecule has 18 heavy (non-hydrogen) atoms. The molecule has 0 bridgehead atoms. The van der Waals surface area contributed by atoms with E-state index in [1.165, 1.54) is 6.42 Å². The van der Waals surface area contributed by atoms with Gasteiger partial charge in [-0.1, -0.05) is 34.1 Å². The normalized spacial score (nSPS) is 16.8. The first-order valence-corrected chi connectivity index (χ1v) is 7.49. The summed E-state index contributed by atoms with van der Waals surface area (Å²) in [5.41, 5.74) is -0.133. The highest BCUT2D eigenvalue weighted by Gasteiger charge is 2.27. The van der Waals surface area contributed by atoms with Gasteiger partial charge in [0.05, 0.1) is 12.7 Å². The van der Waals surface area contributed by atoms with Crippen molar-refractivity contribution >= 4 is 0 Å². The van der Waals surface area contributed by atoms with Gasteiger partial charge in [-0.3, -0.25) is 0 Å². The van der Waals surface area contributed by atoms with Crippen molar-refractivity contribution in [3.8, 4) is 0 Å². The summed E-state index contributed by atoms with van der Waals surface area (Å²) in [6, 6.07) is 0.400. The van der Waals surface area contributed by atoms with Gasteiger partial charge in [-0.25, -0.2) is 0 Å². The second kappa shape index (κ2) is 9.76. The number of rotatable bonds is 11. The van der Waals surface area contributed by atoms with Crippen LogP contribution in [0.5, 0.6) is 0 Å². The number of ether oxygens (including phenoxy) is 1. The molecule has 3 nitrogen and oxygen atoms in total. The third kappa shape index (κ3) is 7.34. The van der Waals surface area contributed by atoms with Gasteiger partial charge in [-0.2, -0.15) is 0 Å². The molecule has 2 atom stereocenters. The minimum absolute atomic E-state index is 0.133. The smallest absolute Gasteiger partial charge is 0.0613 e. The number of hydrogen-bond donors (Lipinski definition) is 2. The second-order valence-electron chi connectivity index (χ2n) is 5.66. The SMILES string of the molecule is CCCC(C)OCCCC(CC)(CO)NC(C)C. The highest BCUT2D eigenvalue weighted by atomic mass is 16.5. The van der Waals surface area contributed by atoms with Gasteiger partial charge in [0.25, 0.3) is 0 Å². The summed E-state index contributed by atoms with van der Waals surface area (Å²) in [7, 11) is 0. The highest BCUT2D eigenvalue weighted by Crippen LogP contribution is 2.18. The Bertz CT molecular complexity index is 191. The molecule has 3 heteroatoms. The summed E-state index contributed by atoms with van der Waals surface area (Å²) in [6.45, 7) is 11.7. The zero-order valence-electron chi connectivity index (χ0n) is 13.0. The lowest BCUT2D eigenvalue weighted by Crippen LogP contribution is -2.51.